The van der Waals surface area contributed by atoms with Crippen LogP contribution in [0.2, 0.25) is 0 Å². The maximum Gasteiger partial charge on any atom is 0.265 e. The SMILES string of the molecule is COc1ccc(C2CCOCC2)c2nc(NC(=O)C3=CNC(C)S3)[nH]c12. The van der Waals surface area contributed by atoms with E-state index in [2.05, 4.69) is 26.7 Å². The molecule has 2 aromatic rings. The number of imidazole rings is 1. The van der Waals surface area contributed by atoms with E-state index in [0.29, 0.717) is 22.5 Å². The van der Waals surface area contributed by atoms with Crippen molar-refractivity contribution in [1.82, 2.24) is 15.3 Å². The molecule has 2 aliphatic heterocycles. The number of nitrogens with zero attached hydrogens (tertiary/aromatic N) is 1. The summed E-state index contributed by atoms with van der Waals surface area (Å²) in [5.74, 6) is 1.39. The van der Waals surface area contributed by atoms with E-state index in [1.54, 1.807) is 13.3 Å². The molecule has 3 heterocycles. The smallest absolute Gasteiger partial charge is 0.265 e. The number of amides is 1. The molecule has 8 heteroatoms. The molecular weight excluding hydrogens is 352 g/mol. The summed E-state index contributed by atoms with van der Waals surface area (Å²) in [6.45, 7) is 3.54. The fourth-order valence-electron chi connectivity index (χ4n) is 3.40. The number of H-pyrrole nitrogens is 1. The average molecular weight is 374 g/mol. The normalized spacial score (nSPS) is 20.7. The third-order valence-electron chi connectivity index (χ3n) is 4.73. The first kappa shape index (κ1) is 17.2. The fourth-order valence-corrected chi connectivity index (χ4v) is 4.21. The molecule has 0 aliphatic carbocycles. The largest absolute Gasteiger partial charge is 0.494 e. The van der Waals surface area contributed by atoms with Crippen molar-refractivity contribution in [3.05, 3.63) is 28.8 Å². The van der Waals surface area contributed by atoms with Gasteiger partial charge in [0.1, 0.15) is 11.3 Å². The van der Waals surface area contributed by atoms with Crippen molar-refractivity contribution < 1.29 is 14.3 Å². The molecule has 7 nitrogen and oxygen atoms in total. The molecule has 0 radical (unpaired) electrons. The zero-order chi connectivity index (χ0) is 18.1. The number of aromatic nitrogens is 2. The number of fused-ring (bicyclic) bond motifs is 1. The summed E-state index contributed by atoms with van der Waals surface area (Å²) in [6, 6.07) is 4.03. The van der Waals surface area contributed by atoms with Gasteiger partial charge in [0.05, 0.1) is 22.9 Å². The van der Waals surface area contributed by atoms with Crippen molar-refractivity contribution >= 4 is 34.7 Å². The van der Waals surface area contributed by atoms with Crippen molar-refractivity contribution in [2.45, 2.75) is 31.1 Å². The van der Waals surface area contributed by atoms with Gasteiger partial charge in [0, 0.05) is 19.4 Å². The zero-order valence-electron chi connectivity index (χ0n) is 14.8. The number of hydrogen-bond acceptors (Lipinski definition) is 6. The summed E-state index contributed by atoms with van der Waals surface area (Å²) < 4.78 is 10.9. The molecule has 1 amide bonds. The lowest BCUT2D eigenvalue weighted by Gasteiger charge is -2.22. The summed E-state index contributed by atoms with van der Waals surface area (Å²) in [4.78, 5) is 20.9. The predicted molar refractivity (Wildman–Crippen MR) is 102 cm³/mol. The van der Waals surface area contributed by atoms with Gasteiger partial charge in [-0.15, -0.1) is 0 Å². The van der Waals surface area contributed by atoms with E-state index in [0.717, 1.165) is 37.1 Å². The summed E-state index contributed by atoms with van der Waals surface area (Å²) in [6.07, 6.45) is 3.69. The molecule has 138 valence electrons. The van der Waals surface area contributed by atoms with Gasteiger partial charge in [-0.25, -0.2) is 4.98 Å². The van der Waals surface area contributed by atoms with Crippen LogP contribution < -0.4 is 15.4 Å². The topological polar surface area (TPSA) is 88.3 Å². The lowest BCUT2D eigenvalue weighted by Crippen LogP contribution is -2.14. The zero-order valence-corrected chi connectivity index (χ0v) is 15.6. The average Bonchev–Trinajstić information content (AvgIpc) is 3.27. The minimum Gasteiger partial charge on any atom is -0.494 e. The molecule has 1 aromatic heterocycles. The third kappa shape index (κ3) is 3.26. The van der Waals surface area contributed by atoms with Gasteiger partial charge in [-0.1, -0.05) is 17.8 Å². The second-order valence-corrected chi connectivity index (χ2v) is 7.82. The minimum atomic E-state index is -0.169. The molecule has 1 aromatic carbocycles. The van der Waals surface area contributed by atoms with Crippen molar-refractivity contribution in [1.29, 1.82) is 0 Å². The second kappa shape index (κ2) is 7.20. The highest BCUT2D eigenvalue weighted by atomic mass is 32.2. The Bertz CT molecular complexity index is 857. The van der Waals surface area contributed by atoms with Crippen molar-refractivity contribution in [3.63, 3.8) is 0 Å². The van der Waals surface area contributed by atoms with Gasteiger partial charge in [-0.2, -0.15) is 0 Å². The van der Waals surface area contributed by atoms with Crippen LogP contribution in [-0.4, -0.2) is 41.6 Å². The summed E-state index contributed by atoms with van der Waals surface area (Å²) >= 11 is 1.49. The maximum absolute atomic E-state index is 12.4. The molecular formula is C18H22N4O3S. The number of ether oxygens (including phenoxy) is 2. The first-order valence-electron chi connectivity index (χ1n) is 8.74. The molecule has 26 heavy (non-hydrogen) atoms. The number of anilines is 1. The first-order valence-corrected chi connectivity index (χ1v) is 9.62. The quantitative estimate of drug-likeness (QED) is 0.763. The van der Waals surface area contributed by atoms with Crippen molar-refractivity contribution in [2.24, 2.45) is 0 Å². The number of methoxy groups -OCH3 is 1. The molecule has 0 spiro atoms. The van der Waals surface area contributed by atoms with Crippen LogP contribution in [0.3, 0.4) is 0 Å². The van der Waals surface area contributed by atoms with E-state index in [-0.39, 0.29) is 11.3 Å². The Morgan fingerprint density at radius 1 is 1.38 bits per heavy atom. The van der Waals surface area contributed by atoms with Gasteiger partial charge in [0.15, 0.2) is 0 Å². The van der Waals surface area contributed by atoms with E-state index in [4.69, 9.17) is 9.47 Å². The molecule has 3 N–H and O–H groups in total. The van der Waals surface area contributed by atoms with Crippen LogP contribution in [-0.2, 0) is 9.53 Å². The van der Waals surface area contributed by atoms with E-state index in [9.17, 15) is 4.79 Å². The van der Waals surface area contributed by atoms with Crippen LogP contribution >= 0.6 is 11.8 Å². The highest BCUT2D eigenvalue weighted by molar-refractivity contribution is 8.04. The van der Waals surface area contributed by atoms with Gasteiger partial charge >= 0.3 is 0 Å². The van der Waals surface area contributed by atoms with E-state index < -0.39 is 0 Å². The van der Waals surface area contributed by atoms with E-state index in [1.807, 2.05) is 13.0 Å². The molecule has 1 fully saturated rings. The van der Waals surface area contributed by atoms with Crippen LogP contribution in [0.1, 0.15) is 31.2 Å². The van der Waals surface area contributed by atoms with Crippen LogP contribution in [0.5, 0.6) is 5.75 Å². The van der Waals surface area contributed by atoms with Gasteiger partial charge in [-0.05, 0) is 37.3 Å². The molecule has 4 rings (SSSR count). The van der Waals surface area contributed by atoms with Crippen molar-refractivity contribution in [3.8, 4) is 5.75 Å². The van der Waals surface area contributed by atoms with Crippen LogP contribution in [0.4, 0.5) is 5.95 Å². The molecule has 2 aliphatic rings. The van der Waals surface area contributed by atoms with E-state index >= 15 is 0 Å². The predicted octanol–water partition coefficient (Wildman–Crippen LogP) is 2.93. The molecule has 0 saturated carbocycles. The highest BCUT2D eigenvalue weighted by Gasteiger charge is 2.23. The summed E-state index contributed by atoms with van der Waals surface area (Å²) in [5.41, 5.74) is 2.84. The number of carbonyl (C=O) groups excluding carboxylic acids is 1. The minimum absolute atomic E-state index is 0.169. The Labute approximate surface area is 155 Å². The fraction of sp³-hybridized carbons (Fsp3) is 0.444. The van der Waals surface area contributed by atoms with Gasteiger partial charge in [0.2, 0.25) is 5.95 Å². The number of thioether (sulfide) groups is 1. The molecule has 1 atom stereocenters. The molecule has 0 bridgehead atoms. The summed E-state index contributed by atoms with van der Waals surface area (Å²) in [7, 11) is 1.63. The Hall–Kier alpha value is -2.19. The Balaban J connectivity index is 1.65. The summed E-state index contributed by atoms with van der Waals surface area (Å²) in [5, 5.41) is 6.17. The number of benzene rings is 1. The lowest BCUT2D eigenvalue weighted by molar-refractivity contribution is -0.112. The Morgan fingerprint density at radius 3 is 2.88 bits per heavy atom. The van der Waals surface area contributed by atoms with E-state index in [1.165, 1.54) is 17.3 Å². The third-order valence-corrected chi connectivity index (χ3v) is 5.77. The van der Waals surface area contributed by atoms with Crippen LogP contribution in [0, 0.1) is 0 Å². The molecule has 1 unspecified atom stereocenters. The van der Waals surface area contributed by atoms with Gasteiger partial charge in [0.25, 0.3) is 5.91 Å². The number of rotatable bonds is 4. The first-order chi connectivity index (χ1) is 12.7. The second-order valence-electron chi connectivity index (χ2n) is 6.44. The number of aromatic amines is 1. The number of nitrogens with one attached hydrogen (secondary N) is 3. The number of carbonyl (C=O) groups is 1. The van der Waals surface area contributed by atoms with Gasteiger partial charge < -0.3 is 19.8 Å². The maximum atomic E-state index is 12.4. The number of hydrogen-bond donors (Lipinski definition) is 3. The monoisotopic (exact) mass is 374 g/mol. The molecule has 1 saturated heterocycles. The lowest BCUT2D eigenvalue weighted by atomic mass is 9.90. The highest BCUT2D eigenvalue weighted by Crippen LogP contribution is 2.36. The standard InChI is InChI=1S/C18H22N4O3S/c1-10-19-9-14(26-10)17(23)22-18-20-15-12(11-5-7-25-8-6-11)3-4-13(24-2)16(15)21-18/h3-4,9-11,19H,5-8H2,1-2H3,(H2,20,21,22,23). The van der Waals surface area contributed by atoms with Gasteiger partial charge in [-0.3, -0.25) is 10.1 Å². The Morgan fingerprint density at radius 2 is 2.19 bits per heavy atom. The van der Waals surface area contributed by atoms with Crippen LogP contribution in [0.15, 0.2) is 23.2 Å². The van der Waals surface area contributed by atoms with Crippen LogP contribution in [0.25, 0.3) is 11.0 Å². The Kier molecular flexibility index (Phi) is 4.78. The van der Waals surface area contributed by atoms with Crippen molar-refractivity contribution in [2.75, 3.05) is 25.6 Å².